The number of hydrogen-bond donors (Lipinski definition) is 1. The molecule has 0 bridgehead atoms. The van der Waals surface area contributed by atoms with E-state index >= 15 is 0 Å². The Morgan fingerprint density at radius 1 is 1.30 bits per heavy atom. The van der Waals surface area contributed by atoms with E-state index in [4.69, 9.17) is 11.6 Å². The number of rotatable bonds is 4. The Hall–Kier alpha value is -0.350. The van der Waals surface area contributed by atoms with Gasteiger partial charge in [0.15, 0.2) is 0 Å². The minimum Gasteiger partial charge on any atom is -0.314 e. The van der Waals surface area contributed by atoms with Gasteiger partial charge in [0.2, 0.25) is 0 Å². The van der Waals surface area contributed by atoms with Crippen LogP contribution in [0.2, 0.25) is 5.02 Å². The molecule has 1 fully saturated rings. The van der Waals surface area contributed by atoms with Crippen molar-refractivity contribution in [3.63, 3.8) is 0 Å². The van der Waals surface area contributed by atoms with Crippen molar-refractivity contribution in [1.29, 1.82) is 0 Å². The molecule has 1 aliphatic heterocycles. The van der Waals surface area contributed by atoms with E-state index in [-0.39, 0.29) is 24.3 Å². The molecule has 0 radical (unpaired) electrons. The van der Waals surface area contributed by atoms with Crippen LogP contribution >= 0.6 is 24.0 Å². The summed E-state index contributed by atoms with van der Waals surface area (Å²) in [6, 6.07) is 5.00. The standard InChI is InChI=1S/C15H22ClFN2.ClH/c1-11(2)9-15(19-7-5-18-6-8-19)13-10-12(16)3-4-14(13)17;/h3-4,10-11,15,18H,5-9H2,1-2H3;1H/t15-;/m1./s1. The third kappa shape index (κ3) is 4.59. The number of benzene rings is 1. The van der Waals surface area contributed by atoms with Crippen molar-refractivity contribution in [3.8, 4) is 0 Å². The summed E-state index contributed by atoms with van der Waals surface area (Å²) in [4.78, 5) is 2.37. The summed E-state index contributed by atoms with van der Waals surface area (Å²) in [6.45, 7) is 8.22. The molecule has 0 unspecified atom stereocenters. The van der Waals surface area contributed by atoms with Crippen LogP contribution < -0.4 is 5.32 Å². The number of hydrogen-bond acceptors (Lipinski definition) is 2. The third-order valence-electron chi connectivity index (χ3n) is 3.60. The summed E-state index contributed by atoms with van der Waals surface area (Å²) in [5.41, 5.74) is 0.739. The van der Waals surface area contributed by atoms with Crippen molar-refractivity contribution in [1.82, 2.24) is 10.2 Å². The van der Waals surface area contributed by atoms with E-state index in [1.54, 1.807) is 12.1 Å². The molecule has 1 saturated heterocycles. The third-order valence-corrected chi connectivity index (χ3v) is 3.84. The van der Waals surface area contributed by atoms with Gasteiger partial charge in [-0.3, -0.25) is 4.90 Å². The van der Waals surface area contributed by atoms with E-state index in [2.05, 4.69) is 24.1 Å². The van der Waals surface area contributed by atoms with Crippen LogP contribution in [0.25, 0.3) is 0 Å². The molecule has 0 amide bonds. The topological polar surface area (TPSA) is 15.3 Å². The van der Waals surface area contributed by atoms with Gasteiger partial charge >= 0.3 is 0 Å². The van der Waals surface area contributed by atoms with Crippen molar-refractivity contribution in [2.75, 3.05) is 26.2 Å². The lowest BCUT2D eigenvalue weighted by molar-refractivity contribution is 0.151. The van der Waals surface area contributed by atoms with Crippen molar-refractivity contribution in [2.24, 2.45) is 5.92 Å². The Labute approximate surface area is 132 Å². The zero-order valence-electron chi connectivity index (χ0n) is 12.0. The van der Waals surface area contributed by atoms with E-state index < -0.39 is 0 Å². The first kappa shape index (κ1) is 17.7. The number of nitrogens with one attached hydrogen (secondary N) is 1. The van der Waals surface area contributed by atoms with Gasteiger partial charge in [-0.05, 0) is 30.5 Å². The molecular weight excluding hydrogens is 298 g/mol. The molecule has 114 valence electrons. The molecule has 1 aromatic rings. The Bertz CT molecular complexity index is 420. The van der Waals surface area contributed by atoms with Gasteiger partial charge in [-0.15, -0.1) is 12.4 Å². The highest BCUT2D eigenvalue weighted by Gasteiger charge is 2.25. The number of piperazine rings is 1. The van der Waals surface area contributed by atoms with Crippen molar-refractivity contribution in [2.45, 2.75) is 26.3 Å². The monoisotopic (exact) mass is 320 g/mol. The van der Waals surface area contributed by atoms with Crippen LogP contribution in [0.1, 0.15) is 31.9 Å². The minimum atomic E-state index is -0.145. The quantitative estimate of drug-likeness (QED) is 0.905. The van der Waals surface area contributed by atoms with E-state index in [0.717, 1.165) is 38.2 Å². The highest BCUT2D eigenvalue weighted by Crippen LogP contribution is 2.31. The Kier molecular flexibility index (Phi) is 7.24. The van der Waals surface area contributed by atoms with Crippen molar-refractivity contribution < 1.29 is 4.39 Å². The van der Waals surface area contributed by atoms with Gasteiger partial charge in [0.1, 0.15) is 5.82 Å². The molecule has 2 rings (SSSR count). The Balaban J connectivity index is 0.00000200. The van der Waals surface area contributed by atoms with E-state index in [1.807, 2.05) is 0 Å². The van der Waals surface area contributed by atoms with Crippen LogP contribution in [-0.2, 0) is 0 Å². The molecule has 0 saturated carbocycles. The van der Waals surface area contributed by atoms with E-state index in [0.29, 0.717) is 10.9 Å². The van der Waals surface area contributed by atoms with Crippen LogP contribution in [-0.4, -0.2) is 31.1 Å². The van der Waals surface area contributed by atoms with Crippen LogP contribution in [0.5, 0.6) is 0 Å². The fourth-order valence-corrected chi connectivity index (χ4v) is 2.86. The first-order valence-corrected chi connectivity index (χ1v) is 7.35. The molecule has 5 heteroatoms. The van der Waals surface area contributed by atoms with Crippen molar-refractivity contribution >= 4 is 24.0 Å². The fraction of sp³-hybridized carbons (Fsp3) is 0.600. The molecule has 20 heavy (non-hydrogen) atoms. The molecule has 1 heterocycles. The maximum absolute atomic E-state index is 14.1. The van der Waals surface area contributed by atoms with E-state index in [9.17, 15) is 4.39 Å². The summed E-state index contributed by atoms with van der Waals surface area (Å²) in [5, 5.41) is 3.95. The molecule has 0 aromatic heterocycles. The molecule has 1 atom stereocenters. The first-order chi connectivity index (χ1) is 9.08. The maximum Gasteiger partial charge on any atom is 0.128 e. The Morgan fingerprint density at radius 3 is 2.55 bits per heavy atom. The fourth-order valence-electron chi connectivity index (χ4n) is 2.68. The number of halogens is 3. The smallest absolute Gasteiger partial charge is 0.128 e. The zero-order chi connectivity index (χ0) is 13.8. The van der Waals surface area contributed by atoms with Crippen LogP contribution in [0.15, 0.2) is 18.2 Å². The number of nitrogens with zero attached hydrogens (tertiary/aromatic N) is 1. The second kappa shape index (κ2) is 8.18. The summed E-state index contributed by atoms with van der Waals surface area (Å²) < 4.78 is 14.1. The van der Waals surface area contributed by atoms with Crippen LogP contribution in [0.3, 0.4) is 0 Å². The second-order valence-corrected chi connectivity index (χ2v) is 6.03. The van der Waals surface area contributed by atoms with Gasteiger partial charge in [0, 0.05) is 42.8 Å². The summed E-state index contributed by atoms with van der Waals surface area (Å²) in [5.74, 6) is 0.381. The normalized spacial score (nSPS) is 17.9. The minimum absolute atomic E-state index is 0. The predicted molar refractivity (Wildman–Crippen MR) is 85.3 cm³/mol. The van der Waals surface area contributed by atoms with Gasteiger partial charge in [-0.1, -0.05) is 25.4 Å². The molecule has 1 aliphatic rings. The SMILES string of the molecule is CC(C)C[C@H](c1cc(Cl)ccc1F)N1CCNCC1.Cl. The van der Waals surface area contributed by atoms with Gasteiger partial charge in [0.25, 0.3) is 0 Å². The first-order valence-electron chi connectivity index (χ1n) is 6.97. The van der Waals surface area contributed by atoms with E-state index in [1.165, 1.54) is 6.07 Å². The maximum atomic E-state index is 14.1. The molecule has 0 spiro atoms. The van der Waals surface area contributed by atoms with Crippen LogP contribution in [0, 0.1) is 11.7 Å². The van der Waals surface area contributed by atoms with Gasteiger partial charge in [-0.25, -0.2) is 4.39 Å². The summed E-state index contributed by atoms with van der Waals surface area (Å²) >= 11 is 6.04. The molecule has 1 aromatic carbocycles. The second-order valence-electron chi connectivity index (χ2n) is 5.60. The largest absolute Gasteiger partial charge is 0.314 e. The highest BCUT2D eigenvalue weighted by atomic mass is 35.5. The lowest BCUT2D eigenvalue weighted by Crippen LogP contribution is -2.45. The van der Waals surface area contributed by atoms with Gasteiger partial charge in [-0.2, -0.15) is 0 Å². The zero-order valence-corrected chi connectivity index (χ0v) is 13.6. The molecule has 0 aliphatic carbocycles. The average Bonchev–Trinajstić information content (AvgIpc) is 2.40. The average molecular weight is 321 g/mol. The van der Waals surface area contributed by atoms with Gasteiger partial charge < -0.3 is 5.32 Å². The lowest BCUT2D eigenvalue weighted by atomic mass is 9.94. The summed E-state index contributed by atoms with van der Waals surface area (Å²) in [7, 11) is 0. The van der Waals surface area contributed by atoms with Gasteiger partial charge in [0.05, 0.1) is 0 Å². The predicted octanol–water partition coefficient (Wildman–Crippen LogP) is 3.89. The van der Waals surface area contributed by atoms with Crippen molar-refractivity contribution in [3.05, 3.63) is 34.6 Å². The highest BCUT2D eigenvalue weighted by molar-refractivity contribution is 6.30. The molecule has 2 nitrogen and oxygen atoms in total. The Morgan fingerprint density at radius 2 is 1.95 bits per heavy atom. The lowest BCUT2D eigenvalue weighted by Gasteiger charge is -2.36. The summed E-state index contributed by atoms with van der Waals surface area (Å²) in [6.07, 6.45) is 0.956. The molecule has 1 N–H and O–H groups in total. The van der Waals surface area contributed by atoms with Crippen LogP contribution in [0.4, 0.5) is 4.39 Å². The molecular formula is C15H23Cl2FN2.